The first-order chi connectivity index (χ1) is 13.5. The predicted molar refractivity (Wildman–Crippen MR) is 117 cm³/mol. The highest BCUT2D eigenvalue weighted by molar-refractivity contribution is 6.32. The Bertz CT molecular complexity index is 1000. The molecule has 0 aliphatic rings. The van der Waals surface area contributed by atoms with Crippen molar-refractivity contribution in [3.8, 4) is 11.5 Å². The van der Waals surface area contributed by atoms with E-state index in [0.29, 0.717) is 33.2 Å². The molecule has 0 fully saturated rings. The molecule has 0 N–H and O–H groups in total. The molecule has 3 aromatic carbocycles. The second-order valence-corrected chi connectivity index (χ2v) is 7.34. The van der Waals surface area contributed by atoms with Crippen LogP contribution in [0.2, 0.25) is 15.1 Å². The van der Waals surface area contributed by atoms with E-state index >= 15 is 0 Å². The van der Waals surface area contributed by atoms with Crippen molar-refractivity contribution in [3.63, 3.8) is 0 Å². The van der Waals surface area contributed by atoms with Crippen molar-refractivity contribution in [1.29, 1.82) is 0 Å². The maximum Gasteiger partial charge on any atom is 0.180 e. The van der Waals surface area contributed by atoms with Crippen LogP contribution in [0.15, 0.2) is 59.6 Å². The van der Waals surface area contributed by atoms with Crippen molar-refractivity contribution in [2.24, 2.45) is 4.99 Å². The number of hydrogen-bond donors (Lipinski definition) is 0. The molecule has 0 aliphatic carbocycles. The lowest BCUT2D eigenvalue weighted by atomic mass is 10.2. The molecule has 0 unspecified atom stereocenters. The fourth-order valence-corrected chi connectivity index (χ4v) is 3.14. The second kappa shape index (κ2) is 9.33. The quantitative estimate of drug-likeness (QED) is 0.381. The molecule has 0 aromatic heterocycles. The maximum atomic E-state index is 6.43. The van der Waals surface area contributed by atoms with Gasteiger partial charge in [0, 0.05) is 16.3 Å². The van der Waals surface area contributed by atoms with Crippen molar-refractivity contribution < 1.29 is 9.47 Å². The number of halogens is 3. The maximum absolute atomic E-state index is 6.43. The second-order valence-electron chi connectivity index (χ2n) is 6.09. The van der Waals surface area contributed by atoms with E-state index in [1.165, 1.54) is 0 Å². The zero-order valence-electron chi connectivity index (χ0n) is 15.4. The lowest BCUT2D eigenvalue weighted by molar-refractivity contribution is 0.284. The van der Waals surface area contributed by atoms with Crippen molar-refractivity contribution in [3.05, 3.63) is 86.4 Å². The summed E-state index contributed by atoms with van der Waals surface area (Å²) in [6, 6.07) is 16.6. The van der Waals surface area contributed by atoms with Gasteiger partial charge in [-0.1, -0.05) is 53.0 Å². The molecule has 3 nitrogen and oxygen atoms in total. The van der Waals surface area contributed by atoms with Gasteiger partial charge in [0.05, 0.1) is 17.8 Å². The van der Waals surface area contributed by atoms with Crippen LogP contribution >= 0.6 is 34.8 Å². The molecule has 0 spiro atoms. The van der Waals surface area contributed by atoms with Gasteiger partial charge in [-0.2, -0.15) is 0 Å². The highest BCUT2D eigenvalue weighted by Gasteiger charge is 2.12. The zero-order valence-corrected chi connectivity index (χ0v) is 17.6. The summed E-state index contributed by atoms with van der Waals surface area (Å²) >= 11 is 18.5. The van der Waals surface area contributed by atoms with Crippen molar-refractivity contribution in [1.82, 2.24) is 0 Å². The number of hydrogen-bond acceptors (Lipinski definition) is 3. The summed E-state index contributed by atoms with van der Waals surface area (Å²) in [5.41, 5.74) is 3.48. The van der Waals surface area contributed by atoms with Crippen molar-refractivity contribution >= 4 is 46.7 Å². The fraction of sp³-hybridized carbons (Fsp3) is 0.136. The monoisotopic (exact) mass is 433 g/mol. The Kier molecular flexibility index (Phi) is 6.84. The molecule has 0 saturated carbocycles. The minimum absolute atomic E-state index is 0.350. The summed E-state index contributed by atoms with van der Waals surface area (Å²) in [5, 5.41) is 1.80. The van der Waals surface area contributed by atoms with Crippen LogP contribution in [-0.2, 0) is 6.61 Å². The number of methoxy groups -OCH3 is 1. The van der Waals surface area contributed by atoms with Crippen LogP contribution in [0.1, 0.15) is 16.7 Å². The highest BCUT2D eigenvalue weighted by atomic mass is 35.5. The van der Waals surface area contributed by atoms with Gasteiger partial charge in [-0.3, -0.25) is 4.99 Å². The van der Waals surface area contributed by atoms with E-state index in [9.17, 15) is 0 Å². The number of rotatable bonds is 6. The average molecular weight is 435 g/mol. The zero-order chi connectivity index (χ0) is 20.1. The molecule has 0 heterocycles. The molecule has 3 aromatic rings. The van der Waals surface area contributed by atoms with Crippen LogP contribution in [0, 0.1) is 6.92 Å². The molecule has 0 radical (unpaired) electrons. The first-order valence-electron chi connectivity index (χ1n) is 8.52. The van der Waals surface area contributed by atoms with E-state index in [1.807, 2.05) is 55.5 Å². The molecule has 6 heteroatoms. The number of ether oxygens (including phenoxy) is 2. The smallest absolute Gasteiger partial charge is 0.180 e. The molecule has 0 saturated heterocycles. The largest absolute Gasteiger partial charge is 0.493 e. The number of nitrogens with zero attached hydrogens (tertiary/aromatic N) is 1. The standard InChI is InChI=1S/C22H18Cl3NO2/c1-14-18(24)4-3-5-20(14)26-12-16-10-19(25)22(21(11-16)27-2)28-13-15-6-8-17(23)9-7-15/h3-12H,13H2,1-2H3. The van der Waals surface area contributed by atoms with Gasteiger partial charge < -0.3 is 9.47 Å². The summed E-state index contributed by atoms with van der Waals surface area (Å²) < 4.78 is 11.3. The third kappa shape index (κ3) is 4.99. The number of benzene rings is 3. The number of aliphatic imine (C=N–C) groups is 1. The van der Waals surface area contributed by atoms with Crippen molar-refractivity contribution in [2.75, 3.05) is 7.11 Å². The van der Waals surface area contributed by atoms with Crippen LogP contribution in [0.3, 0.4) is 0 Å². The van der Waals surface area contributed by atoms with Gasteiger partial charge in [-0.25, -0.2) is 0 Å². The lowest BCUT2D eigenvalue weighted by Gasteiger charge is -2.13. The first-order valence-corrected chi connectivity index (χ1v) is 9.65. The van der Waals surface area contributed by atoms with E-state index in [0.717, 1.165) is 22.4 Å². The van der Waals surface area contributed by atoms with Gasteiger partial charge in [0.25, 0.3) is 0 Å². The normalized spacial score (nSPS) is 11.0. The molecular formula is C22H18Cl3NO2. The lowest BCUT2D eigenvalue weighted by Crippen LogP contribution is -1.99. The van der Waals surface area contributed by atoms with E-state index in [-0.39, 0.29) is 0 Å². The van der Waals surface area contributed by atoms with Crippen LogP contribution < -0.4 is 9.47 Å². The van der Waals surface area contributed by atoms with Crippen molar-refractivity contribution in [2.45, 2.75) is 13.5 Å². The SMILES string of the molecule is COc1cc(C=Nc2cccc(Cl)c2C)cc(Cl)c1OCc1ccc(Cl)cc1. The Morgan fingerprint density at radius 2 is 1.71 bits per heavy atom. The van der Waals surface area contributed by atoms with Crippen LogP contribution in [0.4, 0.5) is 5.69 Å². The molecular weight excluding hydrogens is 417 g/mol. The van der Waals surface area contributed by atoms with Gasteiger partial charge in [-0.15, -0.1) is 0 Å². The molecule has 3 rings (SSSR count). The topological polar surface area (TPSA) is 30.8 Å². The Labute approximate surface area is 179 Å². The summed E-state index contributed by atoms with van der Waals surface area (Å²) in [6.45, 7) is 2.28. The Balaban J connectivity index is 1.81. The molecule has 0 aliphatic heterocycles. The predicted octanol–water partition coefficient (Wildman–Crippen LogP) is 7.29. The van der Waals surface area contributed by atoms with E-state index in [4.69, 9.17) is 44.3 Å². The molecule has 28 heavy (non-hydrogen) atoms. The van der Waals surface area contributed by atoms with E-state index < -0.39 is 0 Å². The Morgan fingerprint density at radius 3 is 2.43 bits per heavy atom. The first kappa shape index (κ1) is 20.5. The Morgan fingerprint density at radius 1 is 0.964 bits per heavy atom. The van der Waals surface area contributed by atoms with Gasteiger partial charge in [0.1, 0.15) is 6.61 Å². The molecule has 0 atom stereocenters. The highest BCUT2D eigenvalue weighted by Crippen LogP contribution is 2.37. The molecule has 144 valence electrons. The van der Waals surface area contributed by atoms with Gasteiger partial charge in [0.15, 0.2) is 11.5 Å². The minimum Gasteiger partial charge on any atom is -0.493 e. The summed E-state index contributed by atoms with van der Waals surface area (Å²) in [4.78, 5) is 4.51. The third-order valence-electron chi connectivity index (χ3n) is 4.14. The fourth-order valence-electron chi connectivity index (χ4n) is 2.57. The van der Waals surface area contributed by atoms with Crippen LogP contribution in [-0.4, -0.2) is 13.3 Å². The van der Waals surface area contributed by atoms with Crippen LogP contribution in [0.5, 0.6) is 11.5 Å². The van der Waals surface area contributed by atoms with E-state index in [2.05, 4.69) is 4.99 Å². The average Bonchev–Trinajstić information content (AvgIpc) is 2.69. The van der Waals surface area contributed by atoms with Gasteiger partial charge in [-0.05, 0) is 60.0 Å². The van der Waals surface area contributed by atoms with Crippen LogP contribution in [0.25, 0.3) is 0 Å². The molecule has 0 amide bonds. The molecule has 0 bridgehead atoms. The van der Waals surface area contributed by atoms with Gasteiger partial charge in [0.2, 0.25) is 0 Å². The third-order valence-corrected chi connectivity index (χ3v) is 5.08. The van der Waals surface area contributed by atoms with Gasteiger partial charge >= 0.3 is 0 Å². The van der Waals surface area contributed by atoms with E-state index in [1.54, 1.807) is 19.4 Å². The summed E-state index contributed by atoms with van der Waals surface area (Å²) in [7, 11) is 1.57. The minimum atomic E-state index is 0.350. The Hall–Kier alpha value is -2.20. The summed E-state index contributed by atoms with van der Waals surface area (Å²) in [6.07, 6.45) is 1.72. The summed E-state index contributed by atoms with van der Waals surface area (Å²) in [5.74, 6) is 1.01.